The van der Waals surface area contributed by atoms with Crippen molar-refractivity contribution in [1.82, 2.24) is 10.2 Å². The highest BCUT2D eigenvalue weighted by molar-refractivity contribution is 5.84. The van der Waals surface area contributed by atoms with Crippen molar-refractivity contribution in [2.75, 3.05) is 26.7 Å². The van der Waals surface area contributed by atoms with Gasteiger partial charge in [-0.2, -0.15) is 0 Å². The minimum absolute atomic E-state index is 0.413. The molecule has 0 radical (unpaired) electrons. The molecule has 12 heavy (non-hydrogen) atoms. The van der Waals surface area contributed by atoms with Crippen molar-refractivity contribution in [2.45, 2.75) is 12.8 Å². The number of piperidine rings is 1. The Morgan fingerprint density at radius 3 is 3.08 bits per heavy atom. The number of carbonyl (C=O) groups excluding carboxylic acids is 1. The first-order valence-electron chi connectivity index (χ1n) is 4.76. The number of nitrogens with one attached hydrogen (secondary N) is 1. The van der Waals surface area contributed by atoms with Crippen LogP contribution in [0.25, 0.3) is 0 Å². The molecule has 1 aliphatic carbocycles. The number of likely N-dealkylation sites (tertiary alicyclic amines) is 1. The average molecular weight is 168 g/mol. The van der Waals surface area contributed by atoms with Crippen LogP contribution in [0, 0.1) is 11.8 Å². The van der Waals surface area contributed by atoms with Gasteiger partial charge in [0.1, 0.15) is 0 Å². The highest BCUT2D eigenvalue weighted by Crippen LogP contribution is 2.45. The standard InChI is InChI=1S/C9H16N2O/c1-10-3-2-4-11-6-7-5-8(7)9(11)12/h7-8,10H,2-6H2,1H3. The maximum Gasteiger partial charge on any atom is 0.226 e. The van der Waals surface area contributed by atoms with Gasteiger partial charge >= 0.3 is 0 Å². The lowest BCUT2D eigenvalue weighted by atomic mass is 10.3. The van der Waals surface area contributed by atoms with Crippen LogP contribution < -0.4 is 5.32 Å². The normalized spacial score (nSPS) is 32.4. The van der Waals surface area contributed by atoms with Gasteiger partial charge in [0.05, 0.1) is 0 Å². The summed E-state index contributed by atoms with van der Waals surface area (Å²) in [7, 11) is 1.95. The fourth-order valence-corrected chi connectivity index (χ4v) is 2.01. The van der Waals surface area contributed by atoms with Gasteiger partial charge in [0.25, 0.3) is 0 Å². The van der Waals surface area contributed by atoms with Crippen LogP contribution >= 0.6 is 0 Å². The summed E-state index contributed by atoms with van der Waals surface area (Å²) in [4.78, 5) is 13.5. The summed E-state index contributed by atoms with van der Waals surface area (Å²) in [5, 5.41) is 3.09. The zero-order valence-corrected chi connectivity index (χ0v) is 7.55. The van der Waals surface area contributed by atoms with Crippen LogP contribution in [-0.4, -0.2) is 37.5 Å². The van der Waals surface area contributed by atoms with Crippen molar-refractivity contribution < 1.29 is 4.79 Å². The molecule has 1 saturated carbocycles. The van der Waals surface area contributed by atoms with E-state index in [1.54, 1.807) is 0 Å². The van der Waals surface area contributed by atoms with E-state index in [-0.39, 0.29) is 0 Å². The lowest BCUT2D eigenvalue weighted by Crippen LogP contribution is -2.30. The molecule has 2 unspecified atom stereocenters. The summed E-state index contributed by atoms with van der Waals surface area (Å²) in [6, 6.07) is 0. The van der Waals surface area contributed by atoms with E-state index >= 15 is 0 Å². The van der Waals surface area contributed by atoms with Crippen molar-refractivity contribution in [3.63, 3.8) is 0 Å². The molecule has 3 nitrogen and oxygen atoms in total. The molecule has 1 heterocycles. The average Bonchev–Trinajstić information content (AvgIpc) is 2.76. The molecule has 1 amide bonds. The highest BCUT2D eigenvalue weighted by atomic mass is 16.2. The maximum atomic E-state index is 11.4. The van der Waals surface area contributed by atoms with Gasteiger partial charge in [0.2, 0.25) is 5.91 Å². The predicted molar refractivity (Wildman–Crippen MR) is 46.7 cm³/mol. The molecule has 1 aliphatic heterocycles. The number of hydrogen-bond acceptors (Lipinski definition) is 2. The second-order valence-corrected chi connectivity index (χ2v) is 3.84. The van der Waals surface area contributed by atoms with Crippen molar-refractivity contribution in [2.24, 2.45) is 11.8 Å². The van der Waals surface area contributed by atoms with Gasteiger partial charge in [0.15, 0.2) is 0 Å². The smallest absolute Gasteiger partial charge is 0.226 e. The van der Waals surface area contributed by atoms with Crippen LogP contribution in [0.4, 0.5) is 0 Å². The largest absolute Gasteiger partial charge is 0.342 e. The van der Waals surface area contributed by atoms with Crippen molar-refractivity contribution in [3.05, 3.63) is 0 Å². The van der Waals surface area contributed by atoms with Crippen molar-refractivity contribution in [3.8, 4) is 0 Å². The monoisotopic (exact) mass is 168 g/mol. The van der Waals surface area contributed by atoms with Crippen LogP contribution in [-0.2, 0) is 4.79 Å². The first kappa shape index (κ1) is 8.05. The molecule has 1 saturated heterocycles. The van der Waals surface area contributed by atoms with E-state index in [1.165, 1.54) is 6.42 Å². The third-order valence-electron chi connectivity index (χ3n) is 2.86. The topological polar surface area (TPSA) is 32.3 Å². The quantitative estimate of drug-likeness (QED) is 0.603. The van der Waals surface area contributed by atoms with Gasteiger partial charge in [-0.15, -0.1) is 0 Å². The summed E-state index contributed by atoms with van der Waals surface area (Å²) in [6.45, 7) is 3.00. The van der Waals surface area contributed by atoms with Crippen LogP contribution in [0.3, 0.4) is 0 Å². The summed E-state index contributed by atoms with van der Waals surface area (Å²) >= 11 is 0. The van der Waals surface area contributed by atoms with E-state index in [9.17, 15) is 4.79 Å². The third-order valence-corrected chi connectivity index (χ3v) is 2.86. The maximum absolute atomic E-state index is 11.4. The Labute approximate surface area is 73.1 Å². The molecule has 2 aliphatic rings. The molecular formula is C9H16N2O. The SMILES string of the molecule is CNCCCN1CC2CC2C1=O. The van der Waals surface area contributed by atoms with Crippen molar-refractivity contribution in [1.29, 1.82) is 0 Å². The number of amides is 1. The Hall–Kier alpha value is -0.570. The van der Waals surface area contributed by atoms with Gasteiger partial charge in [-0.1, -0.05) is 0 Å². The van der Waals surface area contributed by atoms with Gasteiger partial charge in [-0.05, 0) is 32.4 Å². The number of carbonyl (C=O) groups is 1. The number of nitrogens with zero attached hydrogens (tertiary/aromatic N) is 1. The fraction of sp³-hybridized carbons (Fsp3) is 0.889. The Morgan fingerprint density at radius 1 is 1.67 bits per heavy atom. The Balaban J connectivity index is 1.72. The Kier molecular flexibility index (Phi) is 2.05. The summed E-state index contributed by atoms with van der Waals surface area (Å²) < 4.78 is 0. The molecule has 0 aromatic rings. The van der Waals surface area contributed by atoms with Crippen LogP contribution in [0.15, 0.2) is 0 Å². The predicted octanol–water partition coefficient (Wildman–Crippen LogP) is 0.0742. The van der Waals surface area contributed by atoms with E-state index < -0.39 is 0 Å². The van der Waals surface area contributed by atoms with E-state index in [1.807, 2.05) is 11.9 Å². The minimum Gasteiger partial charge on any atom is -0.342 e. The van der Waals surface area contributed by atoms with E-state index in [0.717, 1.165) is 32.0 Å². The second kappa shape index (κ2) is 3.05. The first-order chi connectivity index (χ1) is 5.83. The molecule has 2 rings (SSSR count). The number of fused-ring (bicyclic) bond motifs is 1. The minimum atomic E-state index is 0.413. The van der Waals surface area contributed by atoms with Gasteiger partial charge in [-0.25, -0.2) is 0 Å². The molecule has 2 fully saturated rings. The van der Waals surface area contributed by atoms with Crippen LogP contribution in [0.5, 0.6) is 0 Å². The molecular weight excluding hydrogens is 152 g/mol. The molecule has 0 aromatic carbocycles. The Morgan fingerprint density at radius 2 is 2.50 bits per heavy atom. The zero-order chi connectivity index (χ0) is 8.55. The van der Waals surface area contributed by atoms with E-state index in [2.05, 4.69) is 5.32 Å². The molecule has 68 valence electrons. The Bertz CT molecular complexity index is 193. The van der Waals surface area contributed by atoms with Crippen LogP contribution in [0.2, 0.25) is 0 Å². The highest BCUT2D eigenvalue weighted by Gasteiger charge is 2.51. The zero-order valence-electron chi connectivity index (χ0n) is 7.55. The molecule has 0 aromatic heterocycles. The number of rotatable bonds is 4. The number of hydrogen-bond donors (Lipinski definition) is 1. The molecule has 1 N–H and O–H groups in total. The van der Waals surface area contributed by atoms with Crippen LogP contribution in [0.1, 0.15) is 12.8 Å². The van der Waals surface area contributed by atoms with Gasteiger partial charge < -0.3 is 10.2 Å². The van der Waals surface area contributed by atoms with Crippen molar-refractivity contribution >= 4 is 5.91 Å². The lowest BCUT2D eigenvalue weighted by Gasteiger charge is -2.17. The molecule has 2 atom stereocenters. The van der Waals surface area contributed by atoms with E-state index in [4.69, 9.17) is 0 Å². The second-order valence-electron chi connectivity index (χ2n) is 3.84. The summed E-state index contributed by atoms with van der Waals surface area (Å²) in [5.41, 5.74) is 0. The lowest BCUT2D eigenvalue weighted by molar-refractivity contribution is -0.130. The third kappa shape index (κ3) is 1.33. The molecule has 0 spiro atoms. The fourth-order valence-electron chi connectivity index (χ4n) is 2.01. The van der Waals surface area contributed by atoms with Gasteiger partial charge in [0, 0.05) is 19.0 Å². The first-order valence-corrected chi connectivity index (χ1v) is 4.76. The summed E-state index contributed by atoms with van der Waals surface area (Å²) in [6.07, 6.45) is 2.25. The summed E-state index contributed by atoms with van der Waals surface area (Å²) in [5.74, 6) is 1.57. The van der Waals surface area contributed by atoms with E-state index in [0.29, 0.717) is 11.8 Å². The molecule has 0 bridgehead atoms. The molecule has 3 heteroatoms. The van der Waals surface area contributed by atoms with Gasteiger partial charge in [-0.3, -0.25) is 4.79 Å².